The summed E-state index contributed by atoms with van der Waals surface area (Å²) in [7, 11) is 0. The van der Waals surface area contributed by atoms with Crippen molar-refractivity contribution < 1.29 is 4.52 Å². The molecule has 1 saturated heterocycles. The first-order valence-corrected chi connectivity index (χ1v) is 8.48. The molecular weight excluding hydrogens is 264 g/mol. The van der Waals surface area contributed by atoms with Crippen molar-refractivity contribution >= 4 is 0 Å². The predicted octanol–water partition coefficient (Wildman–Crippen LogP) is 2.65. The maximum absolute atomic E-state index is 5.63. The van der Waals surface area contributed by atoms with E-state index in [0.29, 0.717) is 5.92 Å². The van der Waals surface area contributed by atoms with Crippen molar-refractivity contribution in [1.29, 1.82) is 0 Å². The molecular formula is C16H28N4O. The lowest BCUT2D eigenvalue weighted by Gasteiger charge is -2.38. The first kappa shape index (κ1) is 15.0. The van der Waals surface area contributed by atoms with Crippen molar-refractivity contribution in [2.75, 3.05) is 26.2 Å². The van der Waals surface area contributed by atoms with Crippen LogP contribution >= 0.6 is 0 Å². The third kappa shape index (κ3) is 3.29. The van der Waals surface area contributed by atoms with Crippen LogP contribution in [0.1, 0.15) is 70.0 Å². The molecule has 0 radical (unpaired) electrons. The summed E-state index contributed by atoms with van der Waals surface area (Å²) >= 11 is 0. The molecule has 1 aliphatic carbocycles. The average Bonchev–Trinajstić information content (AvgIpc) is 2.85. The molecule has 1 N–H and O–H groups in total. The van der Waals surface area contributed by atoms with Crippen molar-refractivity contribution in [2.24, 2.45) is 0 Å². The highest BCUT2D eigenvalue weighted by Gasteiger charge is 2.35. The molecule has 2 aliphatic rings. The van der Waals surface area contributed by atoms with Gasteiger partial charge in [-0.25, -0.2) is 0 Å². The lowest BCUT2D eigenvalue weighted by atomic mass is 9.99. The molecule has 0 bridgehead atoms. The molecule has 5 nitrogen and oxygen atoms in total. The van der Waals surface area contributed by atoms with E-state index in [1.807, 2.05) is 0 Å². The zero-order valence-electron chi connectivity index (χ0n) is 13.4. The van der Waals surface area contributed by atoms with Crippen LogP contribution < -0.4 is 5.32 Å². The van der Waals surface area contributed by atoms with Gasteiger partial charge in [-0.15, -0.1) is 0 Å². The van der Waals surface area contributed by atoms with E-state index < -0.39 is 0 Å². The second-order valence-electron chi connectivity index (χ2n) is 6.94. The predicted molar refractivity (Wildman–Crippen MR) is 82.2 cm³/mol. The smallest absolute Gasteiger partial charge is 0.229 e. The number of aromatic nitrogens is 2. The van der Waals surface area contributed by atoms with Crippen molar-refractivity contribution in [2.45, 2.75) is 63.8 Å². The molecule has 118 valence electrons. The summed E-state index contributed by atoms with van der Waals surface area (Å²) in [6, 6.07) is 0. The Kier molecular flexibility index (Phi) is 4.60. The molecule has 0 aromatic carbocycles. The van der Waals surface area contributed by atoms with Gasteiger partial charge in [-0.2, -0.15) is 4.98 Å². The summed E-state index contributed by atoms with van der Waals surface area (Å²) in [5, 5.41) is 7.72. The summed E-state index contributed by atoms with van der Waals surface area (Å²) in [6.45, 7) is 8.58. The Morgan fingerprint density at radius 3 is 2.43 bits per heavy atom. The quantitative estimate of drug-likeness (QED) is 0.868. The summed E-state index contributed by atoms with van der Waals surface area (Å²) in [5.41, 5.74) is -0.144. The first-order valence-electron chi connectivity index (χ1n) is 8.48. The summed E-state index contributed by atoms with van der Waals surface area (Å²) in [4.78, 5) is 7.23. The number of hydrogen-bond donors (Lipinski definition) is 1. The fraction of sp³-hybridized carbons (Fsp3) is 0.875. The number of nitrogens with zero attached hydrogens (tertiary/aromatic N) is 3. The van der Waals surface area contributed by atoms with Crippen molar-refractivity contribution in [3.05, 3.63) is 11.7 Å². The molecule has 1 aliphatic heterocycles. The zero-order valence-corrected chi connectivity index (χ0v) is 13.4. The Morgan fingerprint density at radius 1 is 1.10 bits per heavy atom. The Bertz CT molecular complexity index is 443. The molecule has 0 atom stereocenters. The minimum atomic E-state index is -0.144. The Hall–Kier alpha value is -0.940. The molecule has 0 unspecified atom stereocenters. The van der Waals surface area contributed by atoms with Crippen LogP contribution in [0.5, 0.6) is 0 Å². The summed E-state index contributed by atoms with van der Waals surface area (Å²) in [6.07, 6.45) is 7.70. The van der Waals surface area contributed by atoms with E-state index >= 15 is 0 Å². The second kappa shape index (κ2) is 6.44. The lowest BCUT2D eigenvalue weighted by molar-refractivity contribution is 0.0924. The van der Waals surface area contributed by atoms with Crippen LogP contribution in [0.3, 0.4) is 0 Å². The minimum Gasteiger partial charge on any atom is -0.339 e. The van der Waals surface area contributed by atoms with Crippen molar-refractivity contribution in [1.82, 2.24) is 20.4 Å². The molecule has 0 amide bonds. The van der Waals surface area contributed by atoms with E-state index in [-0.39, 0.29) is 5.54 Å². The van der Waals surface area contributed by atoms with Crippen LogP contribution in [0.4, 0.5) is 0 Å². The Labute approximate surface area is 127 Å². The van der Waals surface area contributed by atoms with E-state index in [2.05, 4.69) is 29.2 Å². The minimum absolute atomic E-state index is 0.144. The van der Waals surface area contributed by atoms with E-state index in [0.717, 1.165) is 37.9 Å². The van der Waals surface area contributed by atoms with Gasteiger partial charge in [0.2, 0.25) is 5.89 Å². The highest BCUT2D eigenvalue weighted by atomic mass is 16.5. The summed E-state index contributed by atoms with van der Waals surface area (Å²) < 4.78 is 5.63. The van der Waals surface area contributed by atoms with Gasteiger partial charge in [-0.1, -0.05) is 30.8 Å². The molecule has 2 heterocycles. The molecule has 1 aromatic rings. The van der Waals surface area contributed by atoms with Crippen LogP contribution in [0.2, 0.25) is 0 Å². The Balaban J connectivity index is 1.73. The van der Waals surface area contributed by atoms with Gasteiger partial charge in [0, 0.05) is 32.1 Å². The van der Waals surface area contributed by atoms with Gasteiger partial charge in [0.05, 0.1) is 5.54 Å². The number of hydrogen-bond acceptors (Lipinski definition) is 5. The maximum atomic E-state index is 5.63. The third-order valence-corrected chi connectivity index (χ3v) is 5.10. The van der Waals surface area contributed by atoms with Crippen LogP contribution in [0, 0.1) is 0 Å². The van der Waals surface area contributed by atoms with Crippen LogP contribution in [0.25, 0.3) is 0 Å². The topological polar surface area (TPSA) is 54.2 Å². The van der Waals surface area contributed by atoms with Crippen molar-refractivity contribution in [3.63, 3.8) is 0 Å². The monoisotopic (exact) mass is 292 g/mol. The van der Waals surface area contributed by atoms with E-state index in [9.17, 15) is 0 Å². The molecule has 21 heavy (non-hydrogen) atoms. The Morgan fingerprint density at radius 2 is 1.76 bits per heavy atom. The van der Waals surface area contributed by atoms with Gasteiger partial charge >= 0.3 is 0 Å². The largest absolute Gasteiger partial charge is 0.339 e. The molecule has 0 spiro atoms. The van der Waals surface area contributed by atoms with Gasteiger partial charge in [0.25, 0.3) is 0 Å². The second-order valence-corrected chi connectivity index (χ2v) is 6.94. The fourth-order valence-corrected chi connectivity index (χ4v) is 3.54. The normalized spacial score (nSPS) is 23.1. The van der Waals surface area contributed by atoms with Gasteiger partial charge < -0.3 is 9.84 Å². The molecule has 2 fully saturated rings. The van der Waals surface area contributed by atoms with Crippen molar-refractivity contribution in [3.8, 4) is 0 Å². The SMILES string of the molecule is CC(C)(c1noc(C2CCCCCC2)n1)N1CCNCC1. The van der Waals surface area contributed by atoms with Crippen LogP contribution in [0.15, 0.2) is 4.52 Å². The lowest BCUT2D eigenvalue weighted by Crippen LogP contribution is -2.52. The van der Waals surface area contributed by atoms with E-state index in [1.165, 1.54) is 38.5 Å². The number of nitrogens with one attached hydrogen (secondary N) is 1. The van der Waals surface area contributed by atoms with Crippen LogP contribution in [-0.4, -0.2) is 41.2 Å². The third-order valence-electron chi connectivity index (χ3n) is 5.10. The average molecular weight is 292 g/mol. The van der Waals surface area contributed by atoms with E-state index in [1.54, 1.807) is 0 Å². The maximum Gasteiger partial charge on any atom is 0.229 e. The van der Waals surface area contributed by atoms with Gasteiger partial charge in [-0.3, -0.25) is 4.90 Å². The molecule has 1 saturated carbocycles. The van der Waals surface area contributed by atoms with Gasteiger partial charge in [0.15, 0.2) is 5.82 Å². The van der Waals surface area contributed by atoms with Gasteiger partial charge in [-0.05, 0) is 26.7 Å². The number of piperazine rings is 1. The fourth-order valence-electron chi connectivity index (χ4n) is 3.54. The summed E-state index contributed by atoms with van der Waals surface area (Å²) in [5.74, 6) is 2.20. The molecule has 1 aromatic heterocycles. The van der Waals surface area contributed by atoms with E-state index in [4.69, 9.17) is 9.51 Å². The van der Waals surface area contributed by atoms with Crippen LogP contribution in [-0.2, 0) is 5.54 Å². The molecule has 5 heteroatoms. The zero-order chi connectivity index (χ0) is 14.7. The highest BCUT2D eigenvalue weighted by Crippen LogP contribution is 2.32. The highest BCUT2D eigenvalue weighted by molar-refractivity contribution is 5.05. The van der Waals surface area contributed by atoms with Gasteiger partial charge in [0.1, 0.15) is 0 Å². The first-order chi connectivity index (χ1) is 10.2. The standard InChI is InChI=1S/C16H28N4O/c1-16(2,20-11-9-17-10-12-20)15-18-14(21-19-15)13-7-5-3-4-6-8-13/h13,17H,3-12H2,1-2H3. The number of rotatable bonds is 3. The molecule has 3 rings (SSSR count).